The summed E-state index contributed by atoms with van der Waals surface area (Å²) in [5.41, 5.74) is 1.26. The molecule has 0 amide bonds. The van der Waals surface area contributed by atoms with Gasteiger partial charge in [-0.15, -0.1) is 0 Å². The molecule has 3 aliphatic carbocycles. The van der Waals surface area contributed by atoms with Gasteiger partial charge in [0.15, 0.2) is 5.79 Å². The summed E-state index contributed by atoms with van der Waals surface area (Å²) in [6, 6.07) is 0. The topological polar surface area (TPSA) is 44.8 Å². The van der Waals surface area contributed by atoms with Gasteiger partial charge in [0.2, 0.25) is 0 Å². The molecule has 4 fully saturated rings. The normalized spacial score (nSPS) is 40.2. The van der Waals surface area contributed by atoms with Crippen molar-refractivity contribution in [2.75, 3.05) is 19.8 Å². The van der Waals surface area contributed by atoms with Gasteiger partial charge in [0.1, 0.15) is 0 Å². The van der Waals surface area contributed by atoms with Crippen molar-refractivity contribution in [1.29, 1.82) is 0 Å². The zero-order chi connectivity index (χ0) is 16.0. The Labute approximate surface area is 133 Å². The molecule has 0 aromatic heterocycles. The maximum atomic E-state index is 11.8. The Kier molecular flexibility index (Phi) is 4.11. The SMILES string of the molecule is CCOC(=O)/C=C(\C)[C@@H]1C[C@H]2CC[C@]1(C)[C@H](C)C21OCCO1. The van der Waals surface area contributed by atoms with Gasteiger partial charge in [-0.25, -0.2) is 4.79 Å². The molecule has 4 nitrogen and oxygen atoms in total. The molecule has 22 heavy (non-hydrogen) atoms. The predicted octanol–water partition coefficient (Wildman–Crippen LogP) is 3.31. The molecule has 0 aromatic rings. The smallest absolute Gasteiger partial charge is 0.330 e. The van der Waals surface area contributed by atoms with Gasteiger partial charge in [0, 0.05) is 17.9 Å². The van der Waals surface area contributed by atoms with E-state index in [9.17, 15) is 4.79 Å². The van der Waals surface area contributed by atoms with Crippen LogP contribution in [0.15, 0.2) is 11.6 Å². The van der Waals surface area contributed by atoms with Gasteiger partial charge in [-0.05, 0) is 44.4 Å². The van der Waals surface area contributed by atoms with E-state index in [1.807, 2.05) is 6.92 Å². The lowest BCUT2D eigenvalue weighted by atomic mass is 9.47. The van der Waals surface area contributed by atoms with Gasteiger partial charge in [-0.2, -0.15) is 0 Å². The maximum absolute atomic E-state index is 11.8. The van der Waals surface area contributed by atoms with Crippen LogP contribution in [-0.4, -0.2) is 31.6 Å². The van der Waals surface area contributed by atoms with Crippen LogP contribution in [0.25, 0.3) is 0 Å². The first-order valence-electron chi connectivity index (χ1n) is 8.57. The molecule has 0 N–H and O–H groups in total. The Morgan fingerprint density at radius 1 is 1.36 bits per heavy atom. The van der Waals surface area contributed by atoms with E-state index in [1.54, 1.807) is 6.08 Å². The first kappa shape index (κ1) is 16.0. The number of hydrogen-bond acceptors (Lipinski definition) is 4. The highest BCUT2D eigenvalue weighted by molar-refractivity contribution is 5.82. The molecule has 0 aromatic carbocycles. The fraction of sp³-hybridized carbons (Fsp3) is 0.833. The molecule has 3 saturated carbocycles. The maximum Gasteiger partial charge on any atom is 0.330 e. The third-order valence-corrected chi connectivity index (χ3v) is 6.43. The van der Waals surface area contributed by atoms with Crippen molar-refractivity contribution in [2.24, 2.45) is 23.2 Å². The second kappa shape index (κ2) is 5.64. The third kappa shape index (κ3) is 2.23. The molecular formula is C18H28O4. The molecule has 1 spiro atoms. The van der Waals surface area contributed by atoms with Crippen LogP contribution in [-0.2, 0) is 19.0 Å². The lowest BCUT2D eigenvalue weighted by Gasteiger charge is -2.62. The van der Waals surface area contributed by atoms with E-state index in [-0.39, 0.29) is 17.2 Å². The number of carbonyl (C=O) groups excluding carboxylic acids is 1. The van der Waals surface area contributed by atoms with Gasteiger partial charge in [0.05, 0.1) is 19.8 Å². The molecule has 0 radical (unpaired) electrons. The van der Waals surface area contributed by atoms with E-state index < -0.39 is 0 Å². The Morgan fingerprint density at radius 2 is 2.05 bits per heavy atom. The summed E-state index contributed by atoms with van der Waals surface area (Å²) in [5, 5.41) is 0. The average Bonchev–Trinajstić information content (AvgIpc) is 2.95. The van der Waals surface area contributed by atoms with Gasteiger partial charge in [-0.3, -0.25) is 0 Å². The number of rotatable bonds is 3. The number of fused-ring (bicyclic) bond motifs is 2. The van der Waals surface area contributed by atoms with Crippen LogP contribution in [0, 0.1) is 23.2 Å². The molecule has 4 heteroatoms. The summed E-state index contributed by atoms with van der Waals surface area (Å²) >= 11 is 0. The molecule has 1 aliphatic heterocycles. The Morgan fingerprint density at radius 3 is 2.68 bits per heavy atom. The molecular weight excluding hydrogens is 280 g/mol. The lowest BCUT2D eigenvalue weighted by molar-refractivity contribution is -0.301. The van der Waals surface area contributed by atoms with E-state index in [0.29, 0.717) is 37.6 Å². The van der Waals surface area contributed by atoms with Crippen LogP contribution in [0.3, 0.4) is 0 Å². The summed E-state index contributed by atoms with van der Waals surface area (Å²) < 4.78 is 17.3. The highest BCUT2D eigenvalue weighted by Crippen LogP contribution is 2.64. The highest BCUT2D eigenvalue weighted by Gasteiger charge is 2.64. The number of esters is 1. The van der Waals surface area contributed by atoms with Crippen molar-refractivity contribution in [3.8, 4) is 0 Å². The summed E-state index contributed by atoms with van der Waals surface area (Å²) in [5.74, 6) is 0.575. The number of allylic oxidation sites excluding steroid dienone is 1. The van der Waals surface area contributed by atoms with Gasteiger partial charge in [-0.1, -0.05) is 19.4 Å². The first-order chi connectivity index (χ1) is 10.4. The predicted molar refractivity (Wildman–Crippen MR) is 83.1 cm³/mol. The van der Waals surface area contributed by atoms with Gasteiger partial charge in [0.25, 0.3) is 0 Å². The van der Waals surface area contributed by atoms with Crippen LogP contribution in [0.5, 0.6) is 0 Å². The largest absolute Gasteiger partial charge is 0.463 e. The lowest BCUT2D eigenvalue weighted by Crippen LogP contribution is -2.62. The van der Waals surface area contributed by atoms with Crippen molar-refractivity contribution in [1.82, 2.24) is 0 Å². The number of ether oxygens (including phenoxy) is 3. The third-order valence-electron chi connectivity index (χ3n) is 6.43. The fourth-order valence-corrected chi connectivity index (χ4v) is 5.13. The fourth-order valence-electron chi connectivity index (χ4n) is 5.13. The molecule has 4 rings (SSSR count). The van der Waals surface area contributed by atoms with Gasteiger partial charge >= 0.3 is 5.97 Å². The van der Waals surface area contributed by atoms with Crippen molar-refractivity contribution >= 4 is 5.97 Å². The second-order valence-corrected chi connectivity index (χ2v) is 7.31. The summed E-state index contributed by atoms with van der Waals surface area (Å²) in [6.45, 7) is 10.4. The van der Waals surface area contributed by atoms with Crippen molar-refractivity contribution in [3.05, 3.63) is 11.6 Å². The minimum Gasteiger partial charge on any atom is -0.463 e. The van der Waals surface area contributed by atoms with Crippen LogP contribution < -0.4 is 0 Å². The van der Waals surface area contributed by atoms with Gasteiger partial charge < -0.3 is 14.2 Å². The Balaban J connectivity index is 1.86. The van der Waals surface area contributed by atoms with E-state index in [2.05, 4.69) is 20.8 Å². The van der Waals surface area contributed by atoms with E-state index in [4.69, 9.17) is 14.2 Å². The van der Waals surface area contributed by atoms with Crippen LogP contribution in [0.2, 0.25) is 0 Å². The van der Waals surface area contributed by atoms with Crippen LogP contribution in [0.1, 0.15) is 47.0 Å². The van der Waals surface area contributed by atoms with Crippen LogP contribution in [0.4, 0.5) is 0 Å². The van der Waals surface area contributed by atoms with Crippen molar-refractivity contribution in [2.45, 2.75) is 52.7 Å². The Hall–Kier alpha value is -0.870. The zero-order valence-electron chi connectivity index (χ0n) is 14.2. The Bertz CT molecular complexity index is 477. The first-order valence-corrected chi connectivity index (χ1v) is 8.57. The standard InChI is InChI=1S/C18H28O4/c1-5-20-16(19)10-12(2)15-11-14-6-7-17(15,4)13(3)18(14)21-8-9-22-18/h10,13-15H,5-9,11H2,1-4H3/b12-10+/t13-,14+,15-,17+/m0/s1. The summed E-state index contributed by atoms with van der Waals surface area (Å²) in [6.07, 6.45) is 5.06. The molecule has 4 atom stereocenters. The molecule has 4 aliphatic rings. The minimum absolute atomic E-state index is 0.117. The molecule has 1 heterocycles. The summed E-state index contributed by atoms with van der Waals surface area (Å²) in [7, 11) is 0. The van der Waals surface area contributed by atoms with E-state index in [0.717, 1.165) is 18.4 Å². The second-order valence-electron chi connectivity index (χ2n) is 7.31. The van der Waals surface area contributed by atoms with Crippen LogP contribution >= 0.6 is 0 Å². The zero-order valence-corrected chi connectivity index (χ0v) is 14.2. The minimum atomic E-state index is -0.381. The molecule has 124 valence electrons. The van der Waals surface area contributed by atoms with E-state index in [1.165, 1.54) is 6.42 Å². The number of hydrogen-bond donors (Lipinski definition) is 0. The molecule has 0 unspecified atom stereocenters. The highest BCUT2D eigenvalue weighted by atomic mass is 16.7. The monoisotopic (exact) mass is 308 g/mol. The van der Waals surface area contributed by atoms with Crippen molar-refractivity contribution < 1.29 is 19.0 Å². The molecule has 1 saturated heterocycles. The molecule has 2 bridgehead atoms. The quantitative estimate of drug-likeness (QED) is 0.593. The summed E-state index contributed by atoms with van der Waals surface area (Å²) in [4.78, 5) is 11.8. The number of carbonyl (C=O) groups is 1. The van der Waals surface area contributed by atoms with E-state index >= 15 is 0 Å². The average molecular weight is 308 g/mol. The van der Waals surface area contributed by atoms with Crippen molar-refractivity contribution in [3.63, 3.8) is 0 Å².